The van der Waals surface area contributed by atoms with Crippen molar-refractivity contribution in [3.63, 3.8) is 0 Å². The Morgan fingerprint density at radius 2 is 1.95 bits per heavy atom. The second-order valence-electron chi connectivity index (χ2n) is 4.41. The van der Waals surface area contributed by atoms with E-state index in [4.69, 9.17) is 9.84 Å². The van der Waals surface area contributed by atoms with Gasteiger partial charge in [0.2, 0.25) is 0 Å². The highest BCUT2D eigenvalue weighted by Gasteiger charge is 2.16. The number of nitrogens with zero attached hydrogens (tertiary/aromatic N) is 1. The first-order valence-electron chi connectivity index (χ1n) is 6.42. The molecule has 0 atom stereocenters. The van der Waals surface area contributed by atoms with E-state index < -0.39 is 4.92 Å². The first-order chi connectivity index (χ1) is 10.2. The largest absolute Gasteiger partial charge is 0.489 e. The number of nitrogens with one attached hydrogen (secondary N) is 1. The molecule has 2 N–H and O–H groups in total. The van der Waals surface area contributed by atoms with Crippen molar-refractivity contribution in [2.45, 2.75) is 13.2 Å². The molecule has 0 aromatic heterocycles. The Balaban J connectivity index is 2.15. The standard InChI is InChI=1S/C15H16N2O4/c1-16-15-12(3-2-4-14(15)17(19)20)10-21-13-7-5-11(9-18)6-8-13/h2-8,16,18H,9-10H2,1H3. The molecule has 0 saturated heterocycles. The van der Waals surface area contributed by atoms with E-state index >= 15 is 0 Å². The van der Waals surface area contributed by atoms with Gasteiger partial charge in [0.25, 0.3) is 5.69 Å². The molecule has 6 nitrogen and oxygen atoms in total. The van der Waals surface area contributed by atoms with Crippen LogP contribution in [0.4, 0.5) is 11.4 Å². The lowest BCUT2D eigenvalue weighted by atomic mass is 10.1. The second-order valence-corrected chi connectivity index (χ2v) is 4.41. The lowest BCUT2D eigenvalue weighted by Crippen LogP contribution is -2.04. The molecule has 0 aliphatic rings. The van der Waals surface area contributed by atoms with Crippen molar-refractivity contribution in [1.82, 2.24) is 0 Å². The minimum absolute atomic E-state index is 0.0188. The zero-order valence-corrected chi connectivity index (χ0v) is 11.6. The Kier molecular flexibility index (Phi) is 4.73. The first kappa shape index (κ1) is 14.8. The fourth-order valence-corrected chi connectivity index (χ4v) is 2.00. The number of aliphatic hydroxyl groups is 1. The lowest BCUT2D eigenvalue weighted by Gasteiger charge is -2.11. The molecule has 0 bridgehead atoms. The van der Waals surface area contributed by atoms with Crippen LogP contribution in [0.3, 0.4) is 0 Å². The Morgan fingerprint density at radius 3 is 2.52 bits per heavy atom. The maximum atomic E-state index is 11.0. The van der Waals surface area contributed by atoms with Crippen LogP contribution in [0.25, 0.3) is 0 Å². The molecule has 2 aromatic rings. The molecule has 0 heterocycles. The molecule has 0 radical (unpaired) electrons. The van der Waals surface area contributed by atoms with Gasteiger partial charge in [-0.15, -0.1) is 0 Å². The summed E-state index contributed by atoms with van der Waals surface area (Å²) in [4.78, 5) is 10.6. The molecule has 2 aromatic carbocycles. The molecular formula is C15H16N2O4. The predicted molar refractivity (Wildman–Crippen MR) is 79.3 cm³/mol. The zero-order chi connectivity index (χ0) is 15.2. The molecule has 0 aliphatic heterocycles. The molecule has 21 heavy (non-hydrogen) atoms. The highest BCUT2D eigenvalue weighted by molar-refractivity contribution is 5.65. The van der Waals surface area contributed by atoms with Crippen molar-refractivity contribution in [3.8, 4) is 5.75 Å². The third-order valence-electron chi connectivity index (χ3n) is 3.08. The first-order valence-corrected chi connectivity index (χ1v) is 6.42. The Morgan fingerprint density at radius 1 is 1.24 bits per heavy atom. The number of aliphatic hydroxyl groups excluding tert-OH is 1. The molecule has 0 fully saturated rings. The summed E-state index contributed by atoms with van der Waals surface area (Å²) in [5.41, 5.74) is 1.98. The number of hydrogen-bond donors (Lipinski definition) is 2. The summed E-state index contributed by atoms with van der Waals surface area (Å²) in [7, 11) is 1.64. The van der Waals surface area contributed by atoms with Crippen LogP contribution < -0.4 is 10.1 Å². The van der Waals surface area contributed by atoms with E-state index in [1.54, 1.807) is 43.4 Å². The summed E-state index contributed by atoms with van der Waals surface area (Å²) in [6.45, 7) is 0.200. The van der Waals surface area contributed by atoms with Crippen LogP contribution >= 0.6 is 0 Å². The van der Waals surface area contributed by atoms with E-state index in [2.05, 4.69) is 5.32 Å². The van der Waals surface area contributed by atoms with E-state index in [0.29, 0.717) is 17.0 Å². The van der Waals surface area contributed by atoms with Crippen LogP contribution in [0, 0.1) is 10.1 Å². The molecule has 2 rings (SSSR count). The molecule has 0 unspecified atom stereocenters. The Hall–Kier alpha value is -2.60. The molecule has 0 aliphatic carbocycles. The van der Waals surface area contributed by atoms with Crippen LogP contribution in [0.15, 0.2) is 42.5 Å². The SMILES string of the molecule is CNc1c(COc2ccc(CO)cc2)cccc1[N+](=O)[O-]. The van der Waals surface area contributed by atoms with Gasteiger partial charge in [-0.05, 0) is 17.7 Å². The smallest absolute Gasteiger partial charge is 0.292 e. The average Bonchev–Trinajstić information content (AvgIpc) is 2.52. The quantitative estimate of drug-likeness (QED) is 0.630. The molecular weight excluding hydrogens is 272 g/mol. The number of hydrogen-bond acceptors (Lipinski definition) is 5. The number of anilines is 1. The maximum absolute atomic E-state index is 11.0. The van der Waals surface area contributed by atoms with Crippen molar-refractivity contribution in [2.24, 2.45) is 0 Å². The zero-order valence-electron chi connectivity index (χ0n) is 11.6. The van der Waals surface area contributed by atoms with E-state index in [0.717, 1.165) is 5.56 Å². The van der Waals surface area contributed by atoms with Gasteiger partial charge in [0.1, 0.15) is 18.0 Å². The molecule has 0 saturated carbocycles. The fraction of sp³-hybridized carbons (Fsp3) is 0.200. The normalized spacial score (nSPS) is 10.2. The summed E-state index contributed by atoms with van der Waals surface area (Å²) in [6, 6.07) is 11.9. The van der Waals surface area contributed by atoms with Gasteiger partial charge in [-0.2, -0.15) is 0 Å². The van der Waals surface area contributed by atoms with Crippen molar-refractivity contribution >= 4 is 11.4 Å². The minimum Gasteiger partial charge on any atom is -0.489 e. The number of para-hydroxylation sites is 1. The van der Waals surface area contributed by atoms with E-state index in [1.807, 2.05) is 0 Å². The summed E-state index contributed by atoms with van der Waals surface area (Å²) >= 11 is 0. The van der Waals surface area contributed by atoms with Gasteiger partial charge in [-0.3, -0.25) is 10.1 Å². The highest BCUT2D eigenvalue weighted by atomic mass is 16.6. The van der Waals surface area contributed by atoms with Gasteiger partial charge in [0, 0.05) is 18.7 Å². The summed E-state index contributed by atoms with van der Waals surface area (Å²) < 4.78 is 5.62. The van der Waals surface area contributed by atoms with E-state index in [1.165, 1.54) is 6.07 Å². The molecule has 6 heteroatoms. The van der Waals surface area contributed by atoms with Crippen molar-refractivity contribution in [3.05, 3.63) is 63.7 Å². The summed E-state index contributed by atoms with van der Waals surface area (Å²) in [5.74, 6) is 0.640. The van der Waals surface area contributed by atoms with Gasteiger partial charge in [-0.1, -0.05) is 24.3 Å². The van der Waals surface area contributed by atoms with Gasteiger partial charge >= 0.3 is 0 Å². The third kappa shape index (κ3) is 3.49. The van der Waals surface area contributed by atoms with E-state index in [-0.39, 0.29) is 18.9 Å². The molecule has 110 valence electrons. The van der Waals surface area contributed by atoms with Crippen LogP contribution in [0.1, 0.15) is 11.1 Å². The predicted octanol–water partition coefficient (Wildman–Crippen LogP) is 2.71. The Bertz CT molecular complexity index is 626. The van der Waals surface area contributed by atoms with Gasteiger partial charge in [0.05, 0.1) is 11.5 Å². The summed E-state index contributed by atoms with van der Waals surface area (Å²) in [5, 5.41) is 22.8. The van der Waals surface area contributed by atoms with Crippen molar-refractivity contribution < 1.29 is 14.8 Å². The monoisotopic (exact) mass is 288 g/mol. The third-order valence-corrected chi connectivity index (χ3v) is 3.08. The van der Waals surface area contributed by atoms with Crippen LogP contribution in [-0.2, 0) is 13.2 Å². The number of nitro groups is 1. The fourth-order valence-electron chi connectivity index (χ4n) is 2.00. The number of ether oxygens (including phenoxy) is 1. The van der Waals surface area contributed by atoms with Crippen molar-refractivity contribution in [2.75, 3.05) is 12.4 Å². The number of rotatable bonds is 6. The molecule has 0 amide bonds. The van der Waals surface area contributed by atoms with E-state index in [9.17, 15) is 10.1 Å². The van der Waals surface area contributed by atoms with Gasteiger partial charge in [-0.25, -0.2) is 0 Å². The van der Waals surface area contributed by atoms with Crippen LogP contribution in [-0.4, -0.2) is 17.1 Å². The maximum Gasteiger partial charge on any atom is 0.292 e. The van der Waals surface area contributed by atoms with Crippen molar-refractivity contribution in [1.29, 1.82) is 0 Å². The molecule has 0 spiro atoms. The second kappa shape index (κ2) is 6.71. The summed E-state index contributed by atoms with van der Waals surface area (Å²) in [6.07, 6.45) is 0. The number of benzene rings is 2. The highest BCUT2D eigenvalue weighted by Crippen LogP contribution is 2.28. The topological polar surface area (TPSA) is 84.6 Å². The minimum atomic E-state index is -0.425. The average molecular weight is 288 g/mol. The van der Waals surface area contributed by atoms with Crippen LogP contribution in [0.2, 0.25) is 0 Å². The van der Waals surface area contributed by atoms with Gasteiger partial charge < -0.3 is 15.2 Å². The number of nitro benzene ring substituents is 1. The Labute approximate surface area is 122 Å². The lowest BCUT2D eigenvalue weighted by molar-refractivity contribution is -0.384. The van der Waals surface area contributed by atoms with Crippen LogP contribution in [0.5, 0.6) is 5.75 Å². The van der Waals surface area contributed by atoms with Gasteiger partial charge in [0.15, 0.2) is 0 Å².